The second kappa shape index (κ2) is 5.07. The van der Waals surface area contributed by atoms with Gasteiger partial charge in [0.2, 0.25) is 0 Å². The van der Waals surface area contributed by atoms with E-state index in [0.29, 0.717) is 10.7 Å². The molecule has 2 aromatic rings. The van der Waals surface area contributed by atoms with Gasteiger partial charge in [-0.2, -0.15) is 0 Å². The van der Waals surface area contributed by atoms with E-state index >= 15 is 0 Å². The number of sulfonamides is 1. The van der Waals surface area contributed by atoms with Crippen molar-refractivity contribution >= 4 is 33.1 Å². The van der Waals surface area contributed by atoms with Crippen molar-refractivity contribution in [3.63, 3.8) is 0 Å². The van der Waals surface area contributed by atoms with Crippen LogP contribution in [0.15, 0.2) is 41.4 Å². The largest absolute Gasteiger partial charge is 0.384 e. The maximum absolute atomic E-state index is 12.2. The van der Waals surface area contributed by atoms with E-state index in [-0.39, 0.29) is 10.7 Å². The van der Waals surface area contributed by atoms with Crippen LogP contribution in [0.4, 0.5) is 11.5 Å². The van der Waals surface area contributed by atoms with Crippen molar-refractivity contribution in [2.45, 2.75) is 11.8 Å². The standard InChI is InChI=1S/C12H12ClN3O2S/c1-8-2-3-10(13)11(6-8)16-19(17,18)9-4-5-15-12(14)7-9/h2-7,16H,1H3,(H2,14,15). The van der Waals surface area contributed by atoms with Crippen molar-refractivity contribution in [2.24, 2.45) is 0 Å². The highest BCUT2D eigenvalue weighted by molar-refractivity contribution is 7.92. The Balaban J connectivity index is 2.39. The van der Waals surface area contributed by atoms with Gasteiger partial charge >= 0.3 is 0 Å². The molecule has 1 aromatic carbocycles. The average Bonchev–Trinajstić information content (AvgIpc) is 2.33. The number of nitrogens with one attached hydrogen (secondary N) is 1. The first-order valence-corrected chi connectivity index (χ1v) is 7.25. The first-order chi connectivity index (χ1) is 8.88. The van der Waals surface area contributed by atoms with Gasteiger partial charge in [-0.05, 0) is 30.7 Å². The van der Waals surface area contributed by atoms with Gasteiger partial charge in [-0.15, -0.1) is 0 Å². The lowest BCUT2D eigenvalue weighted by atomic mass is 10.2. The Morgan fingerprint density at radius 1 is 1.26 bits per heavy atom. The lowest BCUT2D eigenvalue weighted by Crippen LogP contribution is -2.13. The fourth-order valence-electron chi connectivity index (χ4n) is 1.52. The molecule has 5 nitrogen and oxygen atoms in total. The summed E-state index contributed by atoms with van der Waals surface area (Å²) in [5, 5.41) is 0.330. The number of hydrogen-bond acceptors (Lipinski definition) is 4. The van der Waals surface area contributed by atoms with Crippen LogP contribution in [0.5, 0.6) is 0 Å². The van der Waals surface area contributed by atoms with E-state index in [4.69, 9.17) is 17.3 Å². The molecule has 1 heterocycles. The maximum atomic E-state index is 12.2. The molecule has 0 radical (unpaired) electrons. The van der Waals surface area contributed by atoms with Crippen molar-refractivity contribution in [1.82, 2.24) is 4.98 Å². The first kappa shape index (κ1) is 13.6. The molecule has 0 spiro atoms. The molecule has 0 aliphatic heterocycles. The second-order valence-corrected chi connectivity index (χ2v) is 6.09. The highest BCUT2D eigenvalue weighted by Crippen LogP contribution is 2.25. The van der Waals surface area contributed by atoms with Crippen molar-refractivity contribution in [2.75, 3.05) is 10.5 Å². The average molecular weight is 298 g/mol. The Labute approximate surface area is 116 Å². The van der Waals surface area contributed by atoms with Gasteiger partial charge < -0.3 is 5.73 Å². The van der Waals surface area contributed by atoms with Crippen molar-refractivity contribution in [3.05, 3.63) is 47.1 Å². The van der Waals surface area contributed by atoms with Crippen molar-refractivity contribution in [3.8, 4) is 0 Å². The Morgan fingerprint density at radius 2 is 2.00 bits per heavy atom. The topological polar surface area (TPSA) is 85.1 Å². The normalized spacial score (nSPS) is 11.3. The lowest BCUT2D eigenvalue weighted by Gasteiger charge is -2.10. The third-order valence-corrected chi connectivity index (χ3v) is 4.12. The van der Waals surface area contributed by atoms with E-state index in [0.717, 1.165) is 5.56 Å². The second-order valence-electron chi connectivity index (χ2n) is 4.01. The predicted molar refractivity (Wildman–Crippen MR) is 75.6 cm³/mol. The van der Waals surface area contributed by atoms with Crippen LogP contribution >= 0.6 is 11.6 Å². The minimum Gasteiger partial charge on any atom is -0.384 e. The van der Waals surface area contributed by atoms with Crippen molar-refractivity contribution < 1.29 is 8.42 Å². The highest BCUT2D eigenvalue weighted by atomic mass is 35.5. The number of aromatic nitrogens is 1. The first-order valence-electron chi connectivity index (χ1n) is 5.39. The van der Waals surface area contributed by atoms with Crippen LogP contribution in [0.2, 0.25) is 5.02 Å². The van der Waals surface area contributed by atoms with Crippen LogP contribution in [0.3, 0.4) is 0 Å². The molecular weight excluding hydrogens is 286 g/mol. The predicted octanol–water partition coefficient (Wildman–Crippen LogP) is 2.43. The number of benzene rings is 1. The summed E-state index contributed by atoms with van der Waals surface area (Å²) in [6.45, 7) is 1.85. The molecule has 19 heavy (non-hydrogen) atoms. The fourth-order valence-corrected chi connectivity index (χ4v) is 2.83. The smallest absolute Gasteiger partial charge is 0.262 e. The van der Waals surface area contributed by atoms with Gasteiger partial charge in [-0.1, -0.05) is 17.7 Å². The molecule has 0 unspecified atom stereocenters. The molecule has 0 amide bonds. The minimum atomic E-state index is -3.73. The summed E-state index contributed by atoms with van der Waals surface area (Å²) in [7, 11) is -3.73. The molecule has 0 bridgehead atoms. The van der Waals surface area contributed by atoms with Crippen LogP contribution in [0, 0.1) is 6.92 Å². The van der Waals surface area contributed by atoms with Gasteiger partial charge in [0.05, 0.1) is 15.6 Å². The van der Waals surface area contributed by atoms with E-state index in [1.54, 1.807) is 18.2 Å². The molecule has 0 aliphatic carbocycles. The summed E-state index contributed by atoms with van der Waals surface area (Å²) in [6, 6.07) is 7.74. The minimum absolute atomic E-state index is 0.0394. The number of nitrogens with zero attached hydrogens (tertiary/aromatic N) is 1. The van der Waals surface area contributed by atoms with E-state index < -0.39 is 10.0 Å². The molecule has 7 heteroatoms. The van der Waals surface area contributed by atoms with E-state index in [1.807, 2.05) is 6.92 Å². The zero-order valence-electron chi connectivity index (χ0n) is 10.1. The number of hydrogen-bond donors (Lipinski definition) is 2. The number of halogens is 1. The molecule has 0 saturated carbocycles. The van der Waals surface area contributed by atoms with Crippen LogP contribution in [0.1, 0.15) is 5.56 Å². The number of rotatable bonds is 3. The fraction of sp³-hybridized carbons (Fsp3) is 0.0833. The molecule has 100 valence electrons. The molecule has 2 rings (SSSR count). The number of anilines is 2. The summed E-state index contributed by atoms with van der Waals surface area (Å²) in [6.07, 6.45) is 1.34. The zero-order chi connectivity index (χ0) is 14.0. The quantitative estimate of drug-likeness (QED) is 0.911. The molecular formula is C12H12ClN3O2S. The van der Waals surface area contributed by atoms with Crippen molar-refractivity contribution in [1.29, 1.82) is 0 Å². The summed E-state index contributed by atoms with van der Waals surface area (Å²) < 4.78 is 26.8. The highest BCUT2D eigenvalue weighted by Gasteiger charge is 2.16. The SMILES string of the molecule is Cc1ccc(Cl)c(NS(=O)(=O)c2ccnc(N)c2)c1. The third-order valence-electron chi connectivity index (χ3n) is 2.43. The van der Waals surface area contributed by atoms with Gasteiger partial charge in [-0.25, -0.2) is 13.4 Å². The molecule has 0 saturated heterocycles. The Hall–Kier alpha value is -1.79. The Bertz CT molecular complexity index is 717. The lowest BCUT2D eigenvalue weighted by molar-refractivity contribution is 0.601. The van der Waals surface area contributed by atoms with Gasteiger partial charge in [0.15, 0.2) is 0 Å². The van der Waals surface area contributed by atoms with Crippen LogP contribution < -0.4 is 10.5 Å². The summed E-state index contributed by atoms with van der Waals surface area (Å²) >= 11 is 5.96. The molecule has 0 fully saturated rings. The maximum Gasteiger partial charge on any atom is 0.262 e. The number of nitrogens with two attached hydrogens (primary N) is 1. The molecule has 0 aliphatic rings. The van der Waals surface area contributed by atoms with Gasteiger partial charge in [0.25, 0.3) is 10.0 Å². The number of nitrogen functional groups attached to an aromatic ring is 1. The van der Waals surface area contributed by atoms with E-state index in [2.05, 4.69) is 9.71 Å². The Kier molecular flexibility index (Phi) is 3.64. The Morgan fingerprint density at radius 3 is 2.68 bits per heavy atom. The monoisotopic (exact) mass is 297 g/mol. The van der Waals surface area contributed by atoms with E-state index in [1.165, 1.54) is 18.3 Å². The summed E-state index contributed by atoms with van der Waals surface area (Å²) in [4.78, 5) is 3.79. The van der Waals surface area contributed by atoms with Crippen LogP contribution in [-0.2, 0) is 10.0 Å². The summed E-state index contributed by atoms with van der Waals surface area (Å²) in [5.74, 6) is 0.137. The molecule has 3 N–H and O–H groups in total. The van der Waals surface area contributed by atoms with Gasteiger partial charge in [0.1, 0.15) is 5.82 Å². The van der Waals surface area contributed by atoms with Crippen LogP contribution in [0.25, 0.3) is 0 Å². The third kappa shape index (κ3) is 3.15. The zero-order valence-corrected chi connectivity index (χ0v) is 11.7. The van der Waals surface area contributed by atoms with Gasteiger partial charge in [0, 0.05) is 12.3 Å². The van der Waals surface area contributed by atoms with E-state index in [9.17, 15) is 8.42 Å². The number of pyridine rings is 1. The van der Waals surface area contributed by atoms with Crippen LogP contribution in [-0.4, -0.2) is 13.4 Å². The summed E-state index contributed by atoms with van der Waals surface area (Å²) in [5.41, 5.74) is 6.70. The molecule has 1 aromatic heterocycles. The number of aryl methyl sites for hydroxylation is 1. The van der Waals surface area contributed by atoms with Gasteiger partial charge in [-0.3, -0.25) is 4.72 Å². The molecule has 0 atom stereocenters.